The summed E-state index contributed by atoms with van der Waals surface area (Å²) >= 11 is 0. The Morgan fingerprint density at radius 3 is 2.56 bits per heavy atom. The quantitative estimate of drug-likeness (QED) is 0.444. The normalized spacial score (nSPS) is 19.8. The molecular formula is C30H41N5O7S. The van der Waals surface area contributed by atoms with Crippen LogP contribution in [0.5, 0.6) is 0 Å². The molecule has 4 heterocycles. The second-order valence-electron chi connectivity index (χ2n) is 11.9. The molecule has 1 N–H and O–H groups in total. The number of rotatable bonds is 8. The Hall–Kier alpha value is -3.29. The van der Waals surface area contributed by atoms with E-state index in [9.17, 15) is 22.8 Å². The van der Waals surface area contributed by atoms with Crippen LogP contribution in [-0.4, -0.2) is 97.7 Å². The first-order valence-electron chi connectivity index (χ1n) is 15.0. The van der Waals surface area contributed by atoms with Crippen LogP contribution in [0.4, 0.5) is 0 Å². The van der Waals surface area contributed by atoms with Crippen molar-refractivity contribution in [2.24, 2.45) is 11.3 Å². The lowest BCUT2D eigenvalue weighted by Crippen LogP contribution is -2.49. The fourth-order valence-electron chi connectivity index (χ4n) is 6.15. The van der Waals surface area contributed by atoms with Crippen LogP contribution in [0, 0.1) is 11.3 Å². The minimum Gasteiger partial charge on any atom is -0.462 e. The van der Waals surface area contributed by atoms with Crippen molar-refractivity contribution in [3.05, 3.63) is 46.8 Å². The minimum absolute atomic E-state index is 0.0120. The maximum Gasteiger partial charge on any atom is 0.338 e. The summed E-state index contributed by atoms with van der Waals surface area (Å²) in [5, 5.41) is 7.92. The van der Waals surface area contributed by atoms with Crippen LogP contribution in [0.2, 0.25) is 0 Å². The van der Waals surface area contributed by atoms with E-state index in [-0.39, 0.29) is 53.3 Å². The first kappa shape index (κ1) is 31.1. The Morgan fingerprint density at radius 2 is 1.88 bits per heavy atom. The van der Waals surface area contributed by atoms with E-state index in [1.165, 1.54) is 35.5 Å². The van der Waals surface area contributed by atoms with E-state index in [4.69, 9.17) is 14.6 Å². The molecule has 5 rings (SSSR count). The van der Waals surface area contributed by atoms with Gasteiger partial charge >= 0.3 is 5.97 Å². The fourth-order valence-corrected chi connectivity index (χ4v) is 7.62. The maximum atomic E-state index is 13.2. The molecule has 234 valence electrons. The third-order valence-electron chi connectivity index (χ3n) is 8.79. The number of hydrogen-bond donors (Lipinski definition) is 1. The van der Waals surface area contributed by atoms with Gasteiger partial charge in [-0.3, -0.25) is 14.3 Å². The molecule has 13 heteroatoms. The second-order valence-corrected chi connectivity index (χ2v) is 13.9. The molecule has 2 amide bonds. The summed E-state index contributed by atoms with van der Waals surface area (Å²) in [4.78, 5) is 39.3. The fraction of sp³-hybridized carbons (Fsp3) is 0.600. The highest BCUT2D eigenvalue weighted by Crippen LogP contribution is 2.37. The maximum absolute atomic E-state index is 13.2. The highest BCUT2D eigenvalue weighted by Gasteiger charge is 2.40. The molecule has 1 aromatic carbocycles. The Morgan fingerprint density at radius 1 is 1.16 bits per heavy atom. The van der Waals surface area contributed by atoms with Gasteiger partial charge in [0.2, 0.25) is 15.9 Å². The van der Waals surface area contributed by atoms with Gasteiger partial charge in [-0.2, -0.15) is 9.40 Å². The van der Waals surface area contributed by atoms with E-state index >= 15 is 0 Å². The van der Waals surface area contributed by atoms with Crippen molar-refractivity contribution in [2.45, 2.75) is 57.9 Å². The third kappa shape index (κ3) is 6.63. The summed E-state index contributed by atoms with van der Waals surface area (Å²) in [6.45, 7) is 8.98. The van der Waals surface area contributed by atoms with E-state index in [0.29, 0.717) is 51.4 Å². The zero-order chi connectivity index (χ0) is 30.8. The van der Waals surface area contributed by atoms with Crippen LogP contribution in [0.15, 0.2) is 29.2 Å². The Balaban J connectivity index is 1.24. The lowest BCUT2D eigenvalue weighted by Gasteiger charge is -2.36. The Labute approximate surface area is 252 Å². The van der Waals surface area contributed by atoms with Crippen molar-refractivity contribution in [1.82, 2.24) is 24.3 Å². The van der Waals surface area contributed by atoms with Crippen molar-refractivity contribution in [1.29, 1.82) is 0 Å². The Bertz CT molecular complexity index is 1470. The number of aryl methyl sites for hydroxylation is 1. The van der Waals surface area contributed by atoms with Crippen LogP contribution in [-0.2, 0) is 43.7 Å². The van der Waals surface area contributed by atoms with Gasteiger partial charge in [-0.05, 0) is 49.3 Å². The molecule has 0 unspecified atom stereocenters. The summed E-state index contributed by atoms with van der Waals surface area (Å²) in [6, 6.07) is 5.86. The lowest BCUT2D eigenvalue weighted by molar-refractivity contribution is -0.129. The number of fused-ring (bicyclic) bond motifs is 1. The van der Waals surface area contributed by atoms with E-state index in [1.54, 1.807) is 4.90 Å². The molecule has 12 nitrogen and oxygen atoms in total. The van der Waals surface area contributed by atoms with Crippen LogP contribution in [0.3, 0.4) is 0 Å². The average molecular weight is 616 g/mol. The molecule has 0 bridgehead atoms. The number of amides is 2. The summed E-state index contributed by atoms with van der Waals surface area (Å²) in [6.07, 6.45) is 3.11. The van der Waals surface area contributed by atoms with Crippen molar-refractivity contribution >= 4 is 27.8 Å². The zero-order valence-electron chi connectivity index (χ0n) is 25.1. The van der Waals surface area contributed by atoms with Gasteiger partial charge in [0.1, 0.15) is 0 Å². The number of aromatic nitrogens is 2. The second kappa shape index (κ2) is 12.7. The molecule has 3 aliphatic rings. The molecule has 3 aliphatic heterocycles. The SMILES string of the molecule is CCc1nn(C[C@@H](C)COC(=O)c2cccc(S(=O)(=O)N3CCN(C(C)=O)CC3)c2)c2c1C(=O)NCC1(CCOCC1)C2. The molecule has 0 radical (unpaired) electrons. The number of carbonyl (C=O) groups excluding carboxylic acids is 3. The van der Waals surface area contributed by atoms with Gasteiger partial charge in [-0.25, -0.2) is 13.2 Å². The first-order valence-corrected chi connectivity index (χ1v) is 16.4. The molecular weight excluding hydrogens is 574 g/mol. The van der Waals surface area contributed by atoms with Crippen LogP contribution < -0.4 is 5.32 Å². The Kier molecular flexibility index (Phi) is 9.23. The zero-order valence-corrected chi connectivity index (χ0v) is 26.0. The van der Waals surface area contributed by atoms with Gasteiger partial charge < -0.3 is 19.7 Å². The molecule has 2 fully saturated rings. The number of hydrogen-bond acceptors (Lipinski definition) is 8. The predicted octanol–water partition coefficient (Wildman–Crippen LogP) is 1.87. The molecule has 1 aromatic heterocycles. The number of carbonyl (C=O) groups is 3. The van der Waals surface area contributed by atoms with Crippen LogP contribution >= 0.6 is 0 Å². The number of nitrogens with zero attached hydrogens (tertiary/aromatic N) is 4. The van der Waals surface area contributed by atoms with Gasteiger partial charge in [0.15, 0.2) is 0 Å². The molecule has 1 atom stereocenters. The topological polar surface area (TPSA) is 140 Å². The summed E-state index contributed by atoms with van der Waals surface area (Å²) in [5.41, 5.74) is 2.44. The largest absolute Gasteiger partial charge is 0.462 e. The van der Waals surface area contributed by atoms with Gasteiger partial charge in [0, 0.05) is 65.3 Å². The monoisotopic (exact) mass is 615 g/mol. The van der Waals surface area contributed by atoms with Crippen molar-refractivity contribution in [3.8, 4) is 0 Å². The van der Waals surface area contributed by atoms with Crippen molar-refractivity contribution < 1.29 is 32.3 Å². The standard InChI is InChI=1S/C30H41N5O7S/c1-4-25-27-26(17-30(20-31-28(27)37)8-14-41-15-9-30)35(32-25)18-21(2)19-42-29(38)23-6-5-7-24(16-23)43(39,40)34-12-10-33(11-13-34)22(3)36/h5-7,16,21H,4,8-15,17-20H2,1-3H3,(H,31,37)/t21-/m1/s1. The lowest BCUT2D eigenvalue weighted by atomic mass is 9.76. The predicted molar refractivity (Wildman–Crippen MR) is 157 cm³/mol. The number of nitrogens with one attached hydrogen (secondary N) is 1. The van der Waals surface area contributed by atoms with Gasteiger partial charge in [0.05, 0.1) is 34.0 Å². The number of piperazine rings is 1. The number of esters is 1. The van der Waals surface area contributed by atoms with E-state index in [1.807, 2.05) is 18.5 Å². The third-order valence-corrected chi connectivity index (χ3v) is 10.7. The summed E-state index contributed by atoms with van der Waals surface area (Å²) in [5.74, 6) is -0.895. The number of sulfonamides is 1. The van der Waals surface area contributed by atoms with E-state index < -0.39 is 16.0 Å². The summed E-state index contributed by atoms with van der Waals surface area (Å²) < 4.78 is 40.9. The van der Waals surface area contributed by atoms with Gasteiger partial charge in [-0.15, -0.1) is 0 Å². The average Bonchev–Trinajstić information content (AvgIpc) is 3.28. The molecule has 1 spiro atoms. The van der Waals surface area contributed by atoms with Crippen molar-refractivity contribution in [3.63, 3.8) is 0 Å². The first-order chi connectivity index (χ1) is 20.5. The van der Waals surface area contributed by atoms with Crippen molar-refractivity contribution in [2.75, 3.05) is 52.5 Å². The highest BCUT2D eigenvalue weighted by molar-refractivity contribution is 7.89. The summed E-state index contributed by atoms with van der Waals surface area (Å²) in [7, 11) is -3.83. The van der Waals surface area contributed by atoms with Crippen LogP contribution in [0.1, 0.15) is 65.7 Å². The molecule has 2 aromatic rings. The van der Waals surface area contributed by atoms with E-state index in [0.717, 1.165) is 30.7 Å². The molecule has 2 saturated heterocycles. The smallest absolute Gasteiger partial charge is 0.338 e. The number of benzene rings is 1. The van der Waals surface area contributed by atoms with Gasteiger partial charge in [0.25, 0.3) is 5.91 Å². The molecule has 0 aliphatic carbocycles. The van der Waals surface area contributed by atoms with Crippen LogP contribution in [0.25, 0.3) is 0 Å². The number of ether oxygens (including phenoxy) is 2. The molecule has 43 heavy (non-hydrogen) atoms. The van der Waals surface area contributed by atoms with E-state index in [2.05, 4.69) is 5.32 Å². The minimum atomic E-state index is -3.83. The highest BCUT2D eigenvalue weighted by atomic mass is 32.2. The molecule has 0 saturated carbocycles. The van der Waals surface area contributed by atoms with Gasteiger partial charge in [-0.1, -0.05) is 19.9 Å².